The summed E-state index contributed by atoms with van der Waals surface area (Å²) < 4.78 is 0. The maximum atomic E-state index is 11.0. The molecule has 0 saturated carbocycles. The second-order valence-electron chi connectivity index (χ2n) is 2.48. The number of likely N-dealkylation sites (N-methyl/N-ethyl adjacent to an activating group) is 2. The van der Waals surface area contributed by atoms with E-state index in [1.807, 2.05) is 0 Å². The first-order valence-corrected chi connectivity index (χ1v) is 3.41. The Bertz CT molecular complexity index is 201. The normalized spacial score (nSPS) is 23.4. The maximum absolute atomic E-state index is 11.0. The Morgan fingerprint density at radius 3 is 2.91 bits per heavy atom. The number of nitrogens with one attached hydrogen (secondary N) is 1. The molecule has 3 N–H and O–H groups in total. The average Bonchev–Trinajstić information content (AvgIpc) is 2.28. The van der Waals surface area contributed by atoms with Crippen LogP contribution < -0.4 is 11.1 Å². The molecule has 0 radical (unpaired) electrons. The minimum absolute atomic E-state index is 0.180. The van der Waals surface area contributed by atoms with Crippen LogP contribution in [-0.2, 0) is 4.79 Å². The van der Waals surface area contributed by atoms with Crippen molar-refractivity contribution in [1.29, 1.82) is 0 Å². The third kappa shape index (κ3) is 1.48. The van der Waals surface area contributed by atoms with Gasteiger partial charge in [0.2, 0.25) is 0 Å². The number of amidine groups is 1. The van der Waals surface area contributed by atoms with E-state index in [9.17, 15) is 4.79 Å². The molecule has 1 rings (SSSR count). The zero-order valence-corrected chi connectivity index (χ0v) is 6.66. The lowest BCUT2D eigenvalue weighted by Gasteiger charge is -2.11. The van der Waals surface area contributed by atoms with E-state index in [4.69, 9.17) is 5.73 Å². The number of amides is 1. The summed E-state index contributed by atoms with van der Waals surface area (Å²) in [7, 11) is 3.36. The lowest BCUT2D eigenvalue weighted by atomic mass is 10.5. The van der Waals surface area contributed by atoms with Crippen LogP contribution in [0.25, 0.3) is 0 Å². The standard InChI is InChI=1S/C6H12N4O/c1-8-6(11)5-9-4(7)3-10(5)2/h4H,3,7H2,1-2H3,(H,8,11). The number of aliphatic imine (C=N–C) groups is 1. The molecule has 1 heterocycles. The highest BCUT2D eigenvalue weighted by molar-refractivity contribution is 6.38. The number of carbonyl (C=O) groups excluding carboxylic acids is 1. The lowest BCUT2D eigenvalue weighted by molar-refractivity contribution is -0.114. The van der Waals surface area contributed by atoms with Crippen LogP contribution in [0.2, 0.25) is 0 Å². The number of nitrogens with two attached hydrogens (primary N) is 1. The van der Waals surface area contributed by atoms with Gasteiger partial charge in [-0.05, 0) is 0 Å². The smallest absolute Gasteiger partial charge is 0.286 e. The van der Waals surface area contributed by atoms with Gasteiger partial charge in [0.25, 0.3) is 5.91 Å². The minimum Gasteiger partial charge on any atom is -0.352 e. The van der Waals surface area contributed by atoms with Gasteiger partial charge < -0.3 is 16.0 Å². The Balaban J connectivity index is 2.71. The second-order valence-corrected chi connectivity index (χ2v) is 2.48. The van der Waals surface area contributed by atoms with Crippen molar-refractivity contribution < 1.29 is 4.79 Å². The molecule has 0 spiro atoms. The average molecular weight is 156 g/mol. The summed E-state index contributed by atoms with van der Waals surface area (Å²) in [6.07, 6.45) is -0.257. The van der Waals surface area contributed by atoms with Crippen molar-refractivity contribution >= 4 is 11.7 Å². The summed E-state index contributed by atoms with van der Waals surface area (Å²) in [6.45, 7) is 0.614. The Labute approximate surface area is 65.3 Å². The van der Waals surface area contributed by atoms with E-state index >= 15 is 0 Å². The molecule has 5 heteroatoms. The number of nitrogens with zero attached hydrogens (tertiary/aromatic N) is 2. The molecule has 1 amide bonds. The summed E-state index contributed by atoms with van der Waals surface area (Å²) in [5.41, 5.74) is 5.50. The van der Waals surface area contributed by atoms with Gasteiger partial charge in [-0.15, -0.1) is 0 Å². The SMILES string of the molecule is CNC(=O)C1=NC(N)CN1C. The van der Waals surface area contributed by atoms with Gasteiger partial charge in [-0.3, -0.25) is 4.79 Å². The van der Waals surface area contributed by atoms with Crippen LogP contribution in [-0.4, -0.2) is 43.4 Å². The van der Waals surface area contributed by atoms with Crippen LogP contribution in [0, 0.1) is 0 Å². The highest BCUT2D eigenvalue weighted by Gasteiger charge is 2.23. The van der Waals surface area contributed by atoms with Crippen molar-refractivity contribution in [3.8, 4) is 0 Å². The van der Waals surface area contributed by atoms with Crippen LogP contribution >= 0.6 is 0 Å². The predicted octanol–water partition coefficient (Wildman–Crippen LogP) is -1.64. The fourth-order valence-corrected chi connectivity index (χ4v) is 1.01. The fourth-order valence-electron chi connectivity index (χ4n) is 1.01. The molecule has 11 heavy (non-hydrogen) atoms. The van der Waals surface area contributed by atoms with E-state index in [2.05, 4.69) is 10.3 Å². The van der Waals surface area contributed by atoms with Crippen LogP contribution in [0.15, 0.2) is 4.99 Å². The molecule has 0 aliphatic carbocycles. The molecular formula is C6H12N4O. The Morgan fingerprint density at radius 1 is 1.91 bits per heavy atom. The van der Waals surface area contributed by atoms with Gasteiger partial charge in [-0.25, -0.2) is 4.99 Å². The summed E-state index contributed by atoms with van der Waals surface area (Å²) in [4.78, 5) is 16.7. The number of hydrogen-bond donors (Lipinski definition) is 2. The molecule has 0 aromatic carbocycles. The second kappa shape index (κ2) is 2.87. The van der Waals surface area contributed by atoms with Gasteiger partial charge in [0, 0.05) is 14.1 Å². The summed E-state index contributed by atoms with van der Waals surface area (Å²) in [5, 5.41) is 2.49. The third-order valence-corrected chi connectivity index (χ3v) is 1.54. The molecule has 0 aromatic rings. The van der Waals surface area contributed by atoms with Crippen LogP contribution in [0.1, 0.15) is 0 Å². The summed E-state index contributed by atoms with van der Waals surface area (Å²) >= 11 is 0. The number of rotatable bonds is 1. The monoisotopic (exact) mass is 156 g/mol. The highest BCUT2D eigenvalue weighted by Crippen LogP contribution is 2.01. The maximum Gasteiger partial charge on any atom is 0.286 e. The molecular weight excluding hydrogens is 144 g/mol. The quantitative estimate of drug-likeness (QED) is 0.478. The van der Waals surface area contributed by atoms with Gasteiger partial charge in [-0.1, -0.05) is 0 Å². The molecule has 1 unspecified atom stereocenters. The fraction of sp³-hybridized carbons (Fsp3) is 0.667. The Morgan fingerprint density at radius 2 is 2.55 bits per heavy atom. The van der Waals surface area contributed by atoms with Crippen molar-refractivity contribution in [3.05, 3.63) is 0 Å². The molecule has 0 aromatic heterocycles. The van der Waals surface area contributed by atoms with Gasteiger partial charge in [0.1, 0.15) is 6.17 Å². The molecule has 1 aliphatic heterocycles. The van der Waals surface area contributed by atoms with Gasteiger partial charge in [0.15, 0.2) is 5.84 Å². The molecule has 1 atom stereocenters. The van der Waals surface area contributed by atoms with Crippen molar-refractivity contribution in [2.45, 2.75) is 6.17 Å². The third-order valence-electron chi connectivity index (χ3n) is 1.54. The van der Waals surface area contributed by atoms with Crippen molar-refractivity contribution in [2.24, 2.45) is 10.7 Å². The number of hydrogen-bond acceptors (Lipinski definition) is 4. The van der Waals surface area contributed by atoms with E-state index in [-0.39, 0.29) is 12.1 Å². The Kier molecular flexibility index (Phi) is 2.09. The summed E-state index contributed by atoms with van der Waals surface area (Å²) in [6, 6.07) is 0. The van der Waals surface area contributed by atoms with Gasteiger partial charge in [0.05, 0.1) is 6.54 Å². The van der Waals surface area contributed by atoms with E-state index in [0.29, 0.717) is 12.4 Å². The highest BCUT2D eigenvalue weighted by atomic mass is 16.2. The molecule has 0 bridgehead atoms. The molecule has 5 nitrogen and oxygen atoms in total. The van der Waals surface area contributed by atoms with Crippen molar-refractivity contribution in [2.75, 3.05) is 20.6 Å². The van der Waals surface area contributed by atoms with Crippen molar-refractivity contribution in [3.63, 3.8) is 0 Å². The van der Waals surface area contributed by atoms with Gasteiger partial charge >= 0.3 is 0 Å². The topological polar surface area (TPSA) is 70.7 Å². The van der Waals surface area contributed by atoms with E-state index in [0.717, 1.165) is 0 Å². The molecule has 1 aliphatic rings. The van der Waals surface area contributed by atoms with Crippen LogP contribution in [0.4, 0.5) is 0 Å². The van der Waals surface area contributed by atoms with Crippen molar-refractivity contribution in [1.82, 2.24) is 10.2 Å². The van der Waals surface area contributed by atoms with E-state index in [1.54, 1.807) is 19.0 Å². The lowest BCUT2D eigenvalue weighted by Crippen LogP contribution is -2.37. The molecule has 62 valence electrons. The predicted molar refractivity (Wildman–Crippen MR) is 42.1 cm³/mol. The first-order chi connectivity index (χ1) is 5.15. The van der Waals surface area contributed by atoms with E-state index in [1.165, 1.54) is 0 Å². The minimum atomic E-state index is -0.257. The Hall–Kier alpha value is -1.10. The largest absolute Gasteiger partial charge is 0.352 e. The number of carbonyl (C=O) groups is 1. The molecule has 0 fully saturated rings. The zero-order valence-electron chi connectivity index (χ0n) is 6.66. The van der Waals surface area contributed by atoms with Gasteiger partial charge in [-0.2, -0.15) is 0 Å². The van der Waals surface area contributed by atoms with Crippen LogP contribution in [0.5, 0.6) is 0 Å². The molecule has 0 saturated heterocycles. The zero-order chi connectivity index (χ0) is 8.43. The van der Waals surface area contributed by atoms with E-state index < -0.39 is 0 Å². The summed E-state index contributed by atoms with van der Waals surface area (Å²) in [5.74, 6) is 0.237. The van der Waals surface area contributed by atoms with Crippen LogP contribution in [0.3, 0.4) is 0 Å². The first kappa shape index (κ1) is 8.00. The first-order valence-electron chi connectivity index (χ1n) is 3.41.